The third-order valence-corrected chi connectivity index (χ3v) is 2.50. The Morgan fingerprint density at radius 2 is 1.88 bits per heavy atom. The summed E-state index contributed by atoms with van der Waals surface area (Å²) in [6.45, 7) is 8.87. The molecule has 0 heterocycles. The number of carbonyl (C=O) groups is 1. The van der Waals surface area contributed by atoms with Gasteiger partial charge in [-0.2, -0.15) is 5.48 Å². The lowest BCUT2D eigenvalue weighted by molar-refractivity contribution is -0.871. The number of carbonyl (C=O) groups excluding carboxylic acids is 1. The molecular formula is C12H27N2O2+. The zero-order chi connectivity index (χ0) is 12.2. The Balaban J connectivity index is 3.65. The molecule has 0 aliphatic heterocycles. The molecule has 0 amide bonds. The van der Waals surface area contributed by atoms with Crippen LogP contribution in [-0.4, -0.2) is 25.6 Å². The highest BCUT2D eigenvalue weighted by atomic mass is 16.7. The highest BCUT2D eigenvalue weighted by Gasteiger charge is 2.19. The first-order valence-corrected chi connectivity index (χ1v) is 6.49. The summed E-state index contributed by atoms with van der Waals surface area (Å²) in [5, 5.41) is 3.18. The van der Waals surface area contributed by atoms with E-state index in [1.54, 1.807) is 5.48 Å². The molecule has 0 aliphatic carbocycles. The van der Waals surface area contributed by atoms with Crippen molar-refractivity contribution in [3.63, 3.8) is 0 Å². The second-order valence-corrected chi connectivity index (χ2v) is 4.02. The van der Waals surface area contributed by atoms with E-state index in [9.17, 15) is 4.79 Å². The van der Waals surface area contributed by atoms with E-state index in [1.807, 2.05) is 0 Å². The molecule has 0 bridgehead atoms. The van der Waals surface area contributed by atoms with E-state index >= 15 is 0 Å². The Bertz CT molecular complexity index is 168. The van der Waals surface area contributed by atoms with Crippen LogP contribution in [0.25, 0.3) is 0 Å². The Labute approximate surface area is 99.1 Å². The Hall–Kier alpha value is -0.610. The van der Waals surface area contributed by atoms with Gasteiger partial charge in [-0.15, -0.1) is 0 Å². The first-order valence-electron chi connectivity index (χ1n) is 6.49. The minimum Gasteiger partial charge on any atom is -0.312 e. The lowest BCUT2D eigenvalue weighted by Crippen LogP contribution is -2.85. The second kappa shape index (κ2) is 10.9. The normalized spacial score (nSPS) is 10.8. The van der Waals surface area contributed by atoms with Gasteiger partial charge in [-0.3, -0.25) is 4.84 Å². The van der Waals surface area contributed by atoms with Crippen molar-refractivity contribution in [1.82, 2.24) is 5.32 Å². The van der Waals surface area contributed by atoms with E-state index < -0.39 is 0 Å². The van der Waals surface area contributed by atoms with Gasteiger partial charge in [-0.1, -0.05) is 33.6 Å². The number of rotatable bonds is 10. The molecule has 0 fully saturated rings. The van der Waals surface area contributed by atoms with Gasteiger partial charge in [-0.05, 0) is 19.4 Å². The zero-order valence-corrected chi connectivity index (χ0v) is 10.9. The predicted octanol–water partition coefficient (Wildman–Crippen LogP) is 0.834. The van der Waals surface area contributed by atoms with Gasteiger partial charge in [-0.25, -0.2) is 4.79 Å². The van der Waals surface area contributed by atoms with E-state index in [0.29, 0.717) is 0 Å². The maximum absolute atomic E-state index is 11.7. The standard InChI is InChI=1S/C12H26N2O2/c1-4-7-11(8-5-2)12(15)16-14-10-9-13-6-3/h11,13-14H,4-10H2,1-3H3/p+1. The number of likely N-dealkylation sites (N-methyl/N-ethyl adjacent to an activating group) is 1. The van der Waals surface area contributed by atoms with Crippen LogP contribution in [0, 0.1) is 5.92 Å². The number of hydrogen-bond acceptors (Lipinski definition) is 3. The van der Waals surface area contributed by atoms with Gasteiger partial charge in [0.1, 0.15) is 6.54 Å². The molecule has 0 rings (SSSR count). The lowest BCUT2D eigenvalue weighted by atomic mass is 9.99. The Morgan fingerprint density at radius 1 is 1.25 bits per heavy atom. The van der Waals surface area contributed by atoms with Crippen LogP contribution in [0.3, 0.4) is 0 Å². The molecule has 0 radical (unpaired) electrons. The predicted molar refractivity (Wildman–Crippen MR) is 64.7 cm³/mol. The fraction of sp³-hybridized carbons (Fsp3) is 0.917. The summed E-state index contributed by atoms with van der Waals surface area (Å²) in [7, 11) is 0. The largest absolute Gasteiger partial charge is 0.369 e. The lowest BCUT2D eigenvalue weighted by Gasteiger charge is -2.11. The summed E-state index contributed by atoms with van der Waals surface area (Å²) in [6, 6.07) is 0. The molecule has 16 heavy (non-hydrogen) atoms. The molecular weight excluding hydrogens is 204 g/mol. The SMILES string of the molecule is CCCC(CCC)C(=O)O[NH2+]CCNCC. The zero-order valence-electron chi connectivity index (χ0n) is 10.9. The van der Waals surface area contributed by atoms with E-state index in [1.165, 1.54) is 0 Å². The van der Waals surface area contributed by atoms with Gasteiger partial charge < -0.3 is 5.32 Å². The summed E-state index contributed by atoms with van der Waals surface area (Å²) >= 11 is 0. The van der Waals surface area contributed by atoms with Crippen molar-refractivity contribution in [1.29, 1.82) is 0 Å². The first kappa shape index (κ1) is 15.4. The Morgan fingerprint density at radius 3 is 2.38 bits per heavy atom. The van der Waals surface area contributed by atoms with Gasteiger partial charge in [0.15, 0.2) is 0 Å². The van der Waals surface area contributed by atoms with Crippen LogP contribution in [0.15, 0.2) is 0 Å². The van der Waals surface area contributed by atoms with Crippen molar-refractivity contribution in [2.75, 3.05) is 19.6 Å². The summed E-state index contributed by atoms with van der Waals surface area (Å²) in [4.78, 5) is 16.8. The van der Waals surface area contributed by atoms with Crippen LogP contribution in [0.4, 0.5) is 0 Å². The van der Waals surface area contributed by atoms with Crippen molar-refractivity contribution in [3.05, 3.63) is 0 Å². The summed E-state index contributed by atoms with van der Waals surface area (Å²) in [5.74, 6) is 0.0329. The number of hydrogen-bond donors (Lipinski definition) is 2. The highest BCUT2D eigenvalue weighted by Crippen LogP contribution is 2.13. The molecule has 3 N–H and O–H groups in total. The van der Waals surface area contributed by atoms with E-state index in [0.717, 1.165) is 45.3 Å². The number of quaternary nitrogens is 1. The van der Waals surface area contributed by atoms with Crippen LogP contribution in [0.2, 0.25) is 0 Å². The highest BCUT2D eigenvalue weighted by molar-refractivity contribution is 5.71. The van der Waals surface area contributed by atoms with Gasteiger partial charge in [0.2, 0.25) is 0 Å². The van der Waals surface area contributed by atoms with Crippen LogP contribution >= 0.6 is 0 Å². The quantitative estimate of drug-likeness (QED) is 0.432. The van der Waals surface area contributed by atoms with Crippen LogP contribution in [0.5, 0.6) is 0 Å². The molecule has 4 nitrogen and oxygen atoms in total. The molecule has 0 aromatic carbocycles. The summed E-state index contributed by atoms with van der Waals surface area (Å²) in [6.07, 6.45) is 3.95. The molecule has 0 aliphatic rings. The minimum atomic E-state index is -0.0554. The van der Waals surface area contributed by atoms with Crippen LogP contribution in [0.1, 0.15) is 46.5 Å². The molecule has 4 heteroatoms. The number of nitrogens with one attached hydrogen (secondary N) is 1. The molecule has 0 spiro atoms. The van der Waals surface area contributed by atoms with Crippen molar-refractivity contribution in [3.8, 4) is 0 Å². The van der Waals surface area contributed by atoms with E-state index in [4.69, 9.17) is 4.84 Å². The average Bonchev–Trinajstić information content (AvgIpc) is 2.28. The molecule has 0 saturated heterocycles. The number of hydroxylamine groups is 1. The molecule has 0 saturated carbocycles. The van der Waals surface area contributed by atoms with Gasteiger partial charge in [0.25, 0.3) is 0 Å². The third kappa shape index (κ3) is 7.65. The van der Waals surface area contributed by atoms with Crippen molar-refractivity contribution < 1.29 is 15.1 Å². The molecule has 0 unspecified atom stereocenters. The Kier molecular flexibility index (Phi) is 10.5. The minimum absolute atomic E-state index is 0.0554. The molecule has 0 atom stereocenters. The van der Waals surface area contributed by atoms with Crippen LogP contribution in [-0.2, 0) is 9.63 Å². The second-order valence-electron chi connectivity index (χ2n) is 4.02. The van der Waals surface area contributed by atoms with E-state index in [-0.39, 0.29) is 11.9 Å². The van der Waals surface area contributed by atoms with Gasteiger partial charge in [0.05, 0.1) is 5.92 Å². The topological polar surface area (TPSA) is 54.9 Å². The van der Waals surface area contributed by atoms with Crippen molar-refractivity contribution in [2.24, 2.45) is 5.92 Å². The molecule has 0 aromatic rings. The third-order valence-electron chi connectivity index (χ3n) is 2.50. The first-order chi connectivity index (χ1) is 7.76. The maximum atomic E-state index is 11.7. The fourth-order valence-corrected chi connectivity index (χ4v) is 1.65. The maximum Gasteiger partial charge on any atom is 0.369 e. The summed E-state index contributed by atoms with van der Waals surface area (Å²) in [5.41, 5.74) is 1.63. The average molecular weight is 231 g/mol. The van der Waals surface area contributed by atoms with Gasteiger partial charge >= 0.3 is 5.97 Å². The van der Waals surface area contributed by atoms with Crippen molar-refractivity contribution >= 4 is 5.97 Å². The summed E-state index contributed by atoms with van der Waals surface area (Å²) < 4.78 is 0. The van der Waals surface area contributed by atoms with Crippen LogP contribution < -0.4 is 10.8 Å². The molecule has 96 valence electrons. The van der Waals surface area contributed by atoms with Crippen molar-refractivity contribution in [2.45, 2.75) is 46.5 Å². The fourth-order valence-electron chi connectivity index (χ4n) is 1.65. The van der Waals surface area contributed by atoms with Gasteiger partial charge in [0, 0.05) is 6.54 Å². The monoisotopic (exact) mass is 231 g/mol. The smallest absolute Gasteiger partial charge is 0.312 e. The van der Waals surface area contributed by atoms with E-state index in [2.05, 4.69) is 26.1 Å². The number of nitrogens with two attached hydrogens (primary N) is 1. The molecule has 0 aromatic heterocycles.